The number of alkyl halides is 1. The maximum absolute atomic E-state index is 10.1. The predicted octanol–water partition coefficient (Wildman–Crippen LogP) is 0.639. The summed E-state index contributed by atoms with van der Waals surface area (Å²) in [5, 5.41) is 0. The Bertz CT molecular complexity index is 84.1. The standard InChI is InChI=1S/C4H8ClNO2/c1-3(5)8-6-4(2)7/h3H,1-2H3,(H,6,7). The summed E-state index contributed by atoms with van der Waals surface area (Å²) in [5.41, 5.74) is 1.60. The van der Waals surface area contributed by atoms with E-state index < -0.39 is 5.56 Å². The summed E-state index contributed by atoms with van der Waals surface area (Å²) in [7, 11) is 0. The van der Waals surface area contributed by atoms with Crippen LogP contribution in [0.4, 0.5) is 0 Å². The first-order valence-corrected chi connectivity index (χ1v) is 2.63. The Kier molecular flexibility index (Phi) is 3.56. The molecule has 0 spiro atoms. The van der Waals surface area contributed by atoms with Gasteiger partial charge in [0.2, 0.25) is 5.91 Å². The van der Waals surface area contributed by atoms with Crippen molar-refractivity contribution in [2.75, 3.05) is 0 Å². The molecular weight excluding hydrogens is 130 g/mol. The van der Waals surface area contributed by atoms with Gasteiger partial charge in [-0.2, -0.15) is 0 Å². The van der Waals surface area contributed by atoms with E-state index in [-0.39, 0.29) is 5.91 Å². The molecule has 0 aromatic heterocycles. The molecular formula is C4H8ClNO2. The van der Waals surface area contributed by atoms with Gasteiger partial charge in [0.1, 0.15) is 0 Å². The van der Waals surface area contributed by atoms with Gasteiger partial charge in [-0.3, -0.25) is 9.63 Å². The summed E-state index contributed by atoms with van der Waals surface area (Å²) in [6.07, 6.45) is 0. The molecule has 0 aromatic carbocycles. The lowest BCUT2D eigenvalue weighted by Gasteiger charge is -2.02. The van der Waals surface area contributed by atoms with Crippen molar-refractivity contribution < 1.29 is 9.63 Å². The molecule has 0 radical (unpaired) electrons. The molecule has 0 rings (SSSR count). The molecule has 0 bridgehead atoms. The largest absolute Gasteiger partial charge is 0.273 e. The van der Waals surface area contributed by atoms with Crippen LogP contribution in [0, 0.1) is 0 Å². The second-order valence-corrected chi connectivity index (χ2v) is 1.93. The minimum absolute atomic E-state index is 0.252. The molecule has 0 heterocycles. The number of hydrogen-bond donors (Lipinski definition) is 1. The zero-order valence-electron chi connectivity index (χ0n) is 4.77. The molecule has 0 aromatic rings. The lowest BCUT2D eigenvalue weighted by Crippen LogP contribution is -2.22. The second kappa shape index (κ2) is 3.69. The van der Waals surface area contributed by atoms with Crippen molar-refractivity contribution in [3.05, 3.63) is 0 Å². The molecule has 0 aliphatic rings. The number of carbonyl (C=O) groups is 1. The molecule has 0 aliphatic carbocycles. The maximum Gasteiger partial charge on any atom is 0.240 e. The Morgan fingerprint density at radius 1 is 1.88 bits per heavy atom. The van der Waals surface area contributed by atoms with Gasteiger partial charge in [-0.25, -0.2) is 5.48 Å². The number of hydrogen-bond acceptors (Lipinski definition) is 2. The van der Waals surface area contributed by atoms with Crippen LogP contribution >= 0.6 is 11.6 Å². The first-order chi connectivity index (χ1) is 3.63. The molecule has 1 unspecified atom stereocenters. The number of hydroxylamine groups is 1. The van der Waals surface area contributed by atoms with Gasteiger partial charge in [-0.1, -0.05) is 11.6 Å². The van der Waals surface area contributed by atoms with Gasteiger partial charge in [0.05, 0.1) is 0 Å². The maximum atomic E-state index is 10.1. The van der Waals surface area contributed by atoms with Gasteiger partial charge in [-0.15, -0.1) is 0 Å². The first-order valence-electron chi connectivity index (χ1n) is 2.19. The van der Waals surface area contributed by atoms with Crippen molar-refractivity contribution in [3.63, 3.8) is 0 Å². The summed E-state index contributed by atoms with van der Waals surface area (Å²) in [4.78, 5) is 14.5. The fourth-order valence-corrected chi connectivity index (χ4v) is 0.209. The van der Waals surface area contributed by atoms with Crippen molar-refractivity contribution in [1.82, 2.24) is 5.48 Å². The normalized spacial score (nSPS) is 12.9. The molecule has 0 saturated heterocycles. The van der Waals surface area contributed by atoms with Gasteiger partial charge < -0.3 is 0 Å². The molecule has 48 valence electrons. The molecule has 1 atom stereocenters. The lowest BCUT2D eigenvalue weighted by molar-refractivity contribution is -0.132. The van der Waals surface area contributed by atoms with E-state index in [0.717, 1.165) is 0 Å². The Labute approximate surface area is 52.9 Å². The molecule has 0 saturated carbocycles. The van der Waals surface area contributed by atoms with Gasteiger partial charge in [-0.05, 0) is 6.92 Å². The monoisotopic (exact) mass is 137 g/mol. The zero-order valence-corrected chi connectivity index (χ0v) is 5.53. The van der Waals surface area contributed by atoms with E-state index in [9.17, 15) is 4.79 Å². The lowest BCUT2D eigenvalue weighted by atomic mass is 10.8. The topological polar surface area (TPSA) is 38.3 Å². The molecule has 0 fully saturated rings. The van der Waals surface area contributed by atoms with Gasteiger partial charge in [0.15, 0.2) is 5.56 Å². The summed E-state index contributed by atoms with van der Waals surface area (Å²) < 4.78 is 0. The van der Waals surface area contributed by atoms with Crippen LogP contribution in [-0.4, -0.2) is 11.5 Å². The highest BCUT2D eigenvalue weighted by atomic mass is 35.5. The molecule has 0 aliphatic heterocycles. The van der Waals surface area contributed by atoms with Crippen LogP contribution < -0.4 is 5.48 Å². The van der Waals surface area contributed by atoms with Crippen LogP contribution in [0.3, 0.4) is 0 Å². The number of amides is 1. The van der Waals surface area contributed by atoms with Crippen molar-refractivity contribution in [3.8, 4) is 0 Å². The van der Waals surface area contributed by atoms with Crippen molar-refractivity contribution in [2.24, 2.45) is 0 Å². The SMILES string of the molecule is CC(=O)NOC(C)Cl. The summed E-state index contributed by atoms with van der Waals surface area (Å²) in [6.45, 7) is 2.96. The third kappa shape index (κ3) is 5.72. The number of carbonyl (C=O) groups excluding carboxylic acids is 1. The molecule has 8 heavy (non-hydrogen) atoms. The summed E-state index contributed by atoms with van der Waals surface area (Å²) in [5.74, 6) is -0.252. The quantitative estimate of drug-likeness (QED) is 0.448. The predicted molar refractivity (Wildman–Crippen MR) is 30.2 cm³/mol. The highest BCUT2D eigenvalue weighted by Crippen LogP contribution is 1.90. The number of halogens is 1. The van der Waals surface area contributed by atoms with Crippen LogP contribution in [0.1, 0.15) is 13.8 Å². The number of nitrogens with one attached hydrogen (secondary N) is 1. The Balaban J connectivity index is 3.05. The summed E-state index contributed by atoms with van der Waals surface area (Å²) >= 11 is 5.28. The Morgan fingerprint density at radius 2 is 2.38 bits per heavy atom. The highest BCUT2D eigenvalue weighted by Gasteiger charge is 1.94. The molecule has 1 amide bonds. The van der Waals surface area contributed by atoms with Crippen molar-refractivity contribution in [1.29, 1.82) is 0 Å². The number of rotatable bonds is 2. The van der Waals surface area contributed by atoms with Crippen LogP contribution in [0.5, 0.6) is 0 Å². The van der Waals surface area contributed by atoms with E-state index in [1.807, 2.05) is 0 Å². The van der Waals surface area contributed by atoms with E-state index in [0.29, 0.717) is 0 Å². The van der Waals surface area contributed by atoms with Gasteiger partial charge >= 0.3 is 0 Å². The highest BCUT2D eigenvalue weighted by molar-refractivity contribution is 6.19. The van der Waals surface area contributed by atoms with Crippen molar-refractivity contribution in [2.45, 2.75) is 19.4 Å². The first kappa shape index (κ1) is 7.72. The second-order valence-electron chi connectivity index (χ2n) is 1.32. The van der Waals surface area contributed by atoms with E-state index >= 15 is 0 Å². The van der Waals surface area contributed by atoms with E-state index in [1.165, 1.54) is 6.92 Å². The van der Waals surface area contributed by atoms with E-state index in [2.05, 4.69) is 10.3 Å². The molecule has 3 nitrogen and oxygen atoms in total. The minimum atomic E-state index is -0.473. The van der Waals surface area contributed by atoms with Crippen LogP contribution in [0.25, 0.3) is 0 Å². The van der Waals surface area contributed by atoms with Gasteiger partial charge in [0, 0.05) is 6.92 Å². The zero-order chi connectivity index (χ0) is 6.57. The fraction of sp³-hybridized carbons (Fsp3) is 0.750. The smallest absolute Gasteiger partial charge is 0.240 e. The van der Waals surface area contributed by atoms with Crippen LogP contribution in [0.2, 0.25) is 0 Å². The average Bonchev–Trinajstić information content (AvgIpc) is 1.61. The molecule has 1 N–H and O–H groups in total. The van der Waals surface area contributed by atoms with Gasteiger partial charge in [0.25, 0.3) is 0 Å². The van der Waals surface area contributed by atoms with Crippen LogP contribution in [0.15, 0.2) is 0 Å². The van der Waals surface area contributed by atoms with E-state index in [4.69, 9.17) is 11.6 Å². The van der Waals surface area contributed by atoms with Crippen molar-refractivity contribution >= 4 is 17.5 Å². The third-order valence-corrected chi connectivity index (χ3v) is 0.454. The third-order valence-electron chi connectivity index (χ3n) is 0.365. The average molecular weight is 138 g/mol. The molecule has 4 heteroatoms. The summed E-state index contributed by atoms with van der Waals surface area (Å²) in [6, 6.07) is 0. The van der Waals surface area contributed by atoms with Crippen LogP contribution in [-0.2, 0) is 9.63 Å². The Hall–Kier alpha value is -0.280. The minimum Gasteiger partial charge on any atom is -0.273 e. The Morgan fingerprint density at radius 3 is 2.50 bits per heavy atom. The van der Waals surface area contributed by atoms with E-state index in [1.54, 1.807) is 6.92 Å². The fourth-order valence-electron chi connectivity index (χ4n) is 0.164.